The second-order valence-electron chi connectivity index (χ2n) is 6.53. The normalized spacial score (nSPS) is 17.4. The smallest absolute Gasteiger partial charge is 0.264 e. The Balaban J connectivity index is 2.17. The summed E-state index contributed by atoms with van der Waals surface area (Å²) in [4.78, 5) is 14.0. The fourth-order valence-corrected chi connectivity index (χ4v) is 5.22. The monoisotopic (exact) mass is 358 g/mol. The second kappa shape index (κ2) is 6.19. The van der Waals surface area contributed by atoms with Crippen LogP contribution < -0.4 is 9.21 Å². The number of carbonyl (C=O) groups excluding carboxylic acids is 1. The van der Waals surface area contributed by atoms with Gasteiger partial charge >= 0.3 is 0 Å². The van der Waals surface area contributed by atoms with Crippen molar-refractivity contribution in [2.24, 2.45) is 0 Å². The Hall–Kier alpha value is -2.34. The number of carbonyl (C=O) groups is 1. The molecule has 0 fully saturated rings. The van der Waals surface area contributed by atoms with Crippen LogP contribution in [-0.2, 0) is 14.8 Å². The number of nitrogens with zero attached hydrogens (tertiary/aromatic N) is 2. The summed E-state index contributed by atoms with van der Waals surface area (Å²) in [5.74, 6) is -0.0940. The van der Waals surface area contributed by atoms with Crippen molar-refractivity contribution in [3.8, 4) is 0 Å². The fraction of sp³-hybridized carbons (Fsp3) is 0.316. The van der Waals surface area contributed by atoms with Gasteiger partial charge in [0.15, 0.2) is 0 Å². The van der Waals surface area contributed by atoms with E-state index >= 15 is 0 Å². The molecule has 0 N–H and O–H groups in total. The molecule has 132 valence electrons. The number of aryl methyl sites for hydroxylation is 2. The summed E-state index contributed by atoms with van der Waals surface area (Å²) in [5.41, 5.74) is 2.91. The maximum absolute atomic E-state index is 13.3. The quantitative estimate of drug-likeness (QED) is 0.828. The van der Waals surface area contributed by atoms with E-state index in [1.165, 1.54) is 11.2 Å². The lowest BCUT2D eigenvalue weighted by Gasteiger charge is -2.41. The third kappa shape index (κ3) is 2.91. The minimum atomic E-state index is -3.71. The predicted octanol–water partition coefficient (Wildman–Crippen LogP) is 3.25. The number of sulfonamides is 1. The first-order chi connectivity index (χ1) is 11.7. The van der Waals surface area contributed by atoms with Crippen LogP contribution in [0.15, 0.2) is 47.4 Å². The highest BCUT2D eigenvalue weighted by molar-refractivity contribution is 7.93. The molecule has 6 heteroatoms. The first-order valence-corrected chi connectivity index (χ1v) is 9.66. The van der Waals surface area contributed by atoms with Crippen LogP contribution in [0.25, 0.3) is 0 Å². The average molecular weight is 358 g/mol. The van der Waals surface area contributed by atoms with Gasteiger partial charge in [0.25, 0.3) is 10.0 Å². The molecule has 1 atom stereocenters. The van der Waals surface area contributed by atoms with Crippen molar-refractivity contribution in [3.63, 3.8) is 0 Å². The summed E-state index contributed by atoms with van der Waals surface area (Å²) in [5, 5.41) is 0. The van der Waals surface area contributed by atoms with Crippen LogP contribution in [0.4, 0.5) is 11.4 Å². The Morgan fingerprint density at radius 1 is 1.08 bits per heavy atom. The molecule has 2 aromatic rings. The summed E-state index contributed by atoms with van der Waals surface area (Å²) in [6.45, 7) is 7.34. The number of amides is 1. The highest BCUT2D eigenvalue weighted by atomic mass is 32.2. The molecular weight excluding hydrogens is 336 g/mol. The predicted molar refractivity (Wildman–Crippen MR) is 99.5 cm³/mol. The first kappa shape index (κ1) is 17.5. The van der Waals surface area contributed by atoms with Crippen LogP contribution >= 0.6 is 0 Å². The van der Waals surface area contributed by atoms with Crippen molar-refractivity contribution in [2.45, 2.75) is 38.6 Å². The minimum absolute atomic E-state index is 0.0940. The zero-order valence-corrected chi connectivity index (χ0v) is 15.7. The third-order valence-electron chi connectivity index (χ3n) is 4.52. The Labute approximate surface area is 148 Å². The van der Waals surface area contributed by atoms with E-state index < -0.39 is 10.0 Å². The summed E-state index contributed by atoms with van der Waals surface area (Å²) >= 11 is 0. The zero-order valence-electron chi connectivity index (χ0n) is 14.9. The van der Waals surface area contributed by atoms with Gasteiger partial charge in [-0.1, -0.05) is 29.8 Å². The van der Waals surface area contributed by atoms with E-state index in [-0.39, 0.29) is 18.5 Å². The van der Waals surface area contributed by atoms with Gasteiger partial charge in [0.05, 0.1) is 28.9 Å². The van der Waals surface area contributed by atoms with Gasteiger partial charge in [-0.2, -0.15) is 0 Å². The molecule has 0 saturated heterocycles. The molecular formula is C19H22N2O3S. The average Bonchev–Trinajstić information content (AvgIpc) is 2.53. The minimum Gasteiger partial charge on any atom is -0.306 e. The van der Waals surface area contributed by atoms with E-state index in [9.17, 15) is 13.2 Å². The highest BCUT2D eigenvalue weighted by Gasteiger charge is 2.37. The van der Waals surface area contributed by atoms with E-state index in [4.69, 9.17) is 0 Å². The third-order valence-corrected chi connectivity index (χ3v) is 6.46. The second-order valence-corrected chi connectivity index (χ2v) is 8.36. The summed E-state index contributed by atoms with van der Waals surface area (Å²) in [6.07, 6.45) is 0. The number of fused-ring (bicyclic) bond motifs is 1. The van der Waals surface area contributed by atoms with Gasteiger partial charge < -0.3 is 4.90 Å². The molecule has 1 unspecified atom stereocenters. The summed E-state index contributed by atoms with van der Waals surface area (Å²) in [7, 11) is -3.71. The molecule has 1 aliphatic heterocycles. The molecule has 0 aliphatic carbocycles. The topological polar surface area (TPSA) is 57.7 Å². The molecule has 1 heterocycles. The molecule has 0 radical (unpaired) electrons. The van der Waals surface area contributed by atoms with Crippen molar-refractivity contribution >= 4 is 27.3 Å². The molecule has 0 bridgehead atoms. The summed E-state index contributed by atoms with van der Waals surface area (Å²) < 4.78 is 28.1. The molecule has 2 aromatic carbocycles. The van der Waals surface area contributed by atoms with Crippen molar-refractivity contribution in [1.29, 1.82) is 0 Å². The maximum Gasteiger partial charge on any atom is 0.264 e. The maximum atomic E-state index is 13.3. The van der Waals surface area contributed by atoms with Gasteiger partial charge in [-0.25, -0.2) is 8.42 Å². The van der Waals surface area contributed by atoms with E-state index in [0.29, 0.717) is 16.3 Å². The number of para-hydroxylation sites is 2. The van der Waals surface area contributed by atoms with Gasteiger partial charge in [0, 0.05) is 6.92 Å². The largest absolute Gasteiger partial charge is 0.306 e. The van der Waals surface area contributed by atoms with Crippen LogP contribution in [0.5, 0.6) is 0 Å². The Morgan fingerprint density at radius 2 is 1.72 bits per heavy atom. The van der Waals surface area contributed by atoms with E-state index in [2.05, 4.69) is 0 Å². The SMILES string of the molecule is CC(=O)N1c2ccccc2N(S(=O)(=O)c2ccc(C)cc2C)CC1C. The van der Waals surface area contributed by atoms with Crippen molar-refractivity contribution in [1.82, 2.24) is 0 Å². The van der Waals surface area contributed by atoms with E-state index in [0.717, 1.165) is 11.1 Å². The zero-order chi connectivity index (χ0) is 18.4. The van der Waals surface area contributed by atoms with Gasteiger partial charge in [-0.05, 0) is 44.5 Å². The van der Waals surface area contributed by atoms with Gasteiger partial charge in [-0.3, -0.25) is 9.10 Å². The van der Waals surface area contributed by atoms with Crippen LogP contribution in [0.3, 0.4) is 0 Å². The summed E-state index contributed by atoms with van der Waals surface area (Å²) in [6, 6.07) is 12.2. The van der Waals surface area contributed by atoms with Crippen molar-refractivity contribution in [3.05, 3.63) is 53.6 Å². The molecule has 1 amide bonds. The molecule has 0 aromatic heterocycles. The van der Waals surface area contributed by atoms with E-state index in [1.807, 2.05) is 26.0 Å². The standard InChI is InChI=1S/C19H22N2O3S/c1-13-9-10-19(14(2)11-13)25(23,24)20-12-15(3)21(16(4)22)18-8-6-5-7-17(18)20/h5-11,15H,12H2,1-4H3. The highest BCUT2D eigenvalue weighted by Crippen LogP contribution is 2.38. The lowest BCUT2D eigenvalue weighted by Crippen LogP contribution is -2.51. The lowest BCUT2D eigenvalue weighted by molar-refractivity contribution is -0.117. The number of anilines is 2. The van der Waals surface area contributed by atoms with Crippen LogP contribution in [0, 0.1) is 13.8 Å². The van der Waals surface area contributed by atoms with Crippen LogP contribution in [-0.4, -0.2) is 26.9 Å². The molecule has 1 aliphatic rings. The number of hydrogen-bond donors (Lipinski definition) is 0. The van der Waals surface area contributed by atoms with Crippen LogP contribution in [0.1, 0.15) is 25.0 Å². The van der Waals surface area contributed by atoms with Crippen molar-refractivity contribution < 1.29 is 13.2 Å². The van der Waals surface area contributed by atoms with Gasteiger partial charge in [0.2, 0.25) is 5.91 Å². The Morgan fingerprint density at radius 3 is 2.32 bits per heavy atom. The molecule has 3 rings (SSSR count). The van der Waals surface area contributed by atoms with E-state index in [1.54, 1.807) is 42.2 Å². The lowest BCUT2D eigenvalue weighted by atomic mass is 10.1. The first-order valence-electron chi connectivity index (χ1n) is 8.22. The van der Waals surface area contributed by atoms with Crippen LogP contribution in [0.2, 0.25) is 0 Å². The fourth-order valence-electron chi connectivity index (χ4n) is 3.45. The number of benzene rings is 2. The molecule has 5 nitrogen and oxygen atoms in total. The number of hydrogen-bond acceptors (Lipinski definition) is 3. The Bertz CT molecular complexity index is 937. The van der Waals surface area contributed by atoms with Gasteiger partial charge in [0.1, 0.15) is 0 Å². The molecule has 0 spiro atoms. The molecule has 25 heavy (non-hydrogen) atoms. The number of rotatable bonds is 2. The molecule has 0 saturated carbocycles. The van der Waals surface area contributed by atoms with Gasteiger partial charge in [-0.15, -0.1) is 0 Å². The Kier molecular flexibility index (Phi) is 4.33. The van der Waals surface area contributed by atoms with Crippen molar-refractivity contribution in [2.75, 3.05) is 15.7 Å².